The molecule has 0 aliphatic carbocycles. The van der Waals surface area contributed by atoms with Gasteiger partial charge in [0, 0.05) is 37.5 Å². The lowest BCUT2D eigenvalue weighted by Gasteiger charge is -2.29. The molecule has 0 bridgehead atoms. The predicted octanol–water partition coefficient (Wildman–Crippen LogP) is 2.19. The summed E-state index contributed by atoms with van der Waals surface area (Å²) in [5, 5.41) is 2.91. The zero-order chi connectivity index (χ0) is 19.2. The van der Waals surface area contributed by atoms with E-state index in [2.05, 4.69) is 25.2 Å². The molecule has 4 rings (SSSR count). The van der Waals surface area contributed by atoms with Crippen molar-refractivity contribution in [2.24, 2.45) is 0 Å². The Hall–Kier alpha value is -3.32. The van der Waals surface area contributed by atoms with Crippen LogP contribution in [0, 0.1) is 0 Å². The number of aromatic nitrogens is 3. The van der Waals surface area contributed by atoms with Crippen LogP contribution in [-0.4, -0.2) is 47.2 Å². The second kappa shape index (κ2) is 8.58. The van der Waals surface area contributed by atoms with Gasteiger partial charge in [-0.1, -0.05) is 18.2 Å². The fourth-order valence-electron chi connectivity index (χ4n) is 3.08. The van der Waals surface area contributed by atoms with Crippen LogP contribution in [-0.2, 0) is 16.1 Å². The van der Waals surface area contributed by atoms with Crippen LogP contribution < -0.4 is 10.2 Å². The zero-order valence-electron chi connectivity index (χ0n) is 15.4. The van der Waals surface area contributed by atoms with Gasteiger partial charge in [0.1, 0.15) is 5.82 Å². The molecule has 3 heterocycles. The second-order valence-corrected chi connectivity index (χ2v) is 6.42. The molecule has 1 aliphatic rings. The molecule has 1 N–H and O–H groups in total. The number of carbonyl (C=O) groups excluding carboxylic acids is 1. The van der Waals surface area contributed by atoms with E-state index in [1.54, 1.807) is 18.5 Å². The van der Waals surface area contributed by atoms with Crippen LogP contribution in [0.3, 0.4) is 0 Å². The predicted molar refractivity (Wildman–Crippen MR) is 108 cm³/mol. The second-order valence-electron chi connectivity index (χ2n) is 6.42. The van der Waals surface area contributed by atoms with Crippen molar-refractivity contribution in [1.82, 2.24) is 20.3 Å². The number of morpholine rings is 1. The first kappa shape index (κ1) is 18.1. The SMILES string of the molecule is O=C(/C=C/c1cnc2ccccc2n1)NCc1cccnc1N1CCOCC1. The van der Waals surface area contributed by atoms with Gasteiger partial charge in [0.2, 0.25) is 5.91 Å². The largest absolute Gasteiger partial charge is 0.378 e. The Bertz CT molecular complexity index is 999. The lowest BCUT2D eigenvalue weighted by molar-refractivity contribution is -0.116. The Morgan fingerprint density at radius 1 is 1.11 bits per heavy atom. The van der Waals surface area contributed by atoms with Gasteiger partial charge in [-0.05, 0) is 24.3 Å². The molecule has 3 aromatic rings. The van der Waals surface area contributed by atoms with Gasteiger partial charge in [-0.15, -0.1) is 0 Å². The molecule has 7 heteroatoms. The summed E-state index contributed by atoms with van der Waals surface area (Å²) in [4.78, 5) is 27.7. The molecule has 0 unspecified atom stereocenters. The highest BCUT2D eigenvalue weighted by molar-refractivity contribution is 5.91. The lowest BCUT2D eigenvalue weighted by Crippen LogP contribution is -2.37. The number of fused-ring (bicyclic) bond motifs is 1. The van der Waals surface area contributed by atoms with E-state index >= 15 is 0 Å². The van der Waals surface area contributed by atoms with Gasteiger partial charge < -0.3 is 15.0 Å². The van der Waals surface area contributed by atoms with Gasteiger partial charge in [0.05, 0.1) is 36.1 Å². The van der Waals surface area contributed by atoms with Gasteiger partial charge >= 0.3 is 0 Å². The molecule has 0 saturated carbocycles. The summed E-state index contributed by atoms with van der Waals surface area (Å²) in [5.74, 6) is 0.710. The molecule has 7 nitrogen and oxygen atoms in total. The highest BCUT2D eigenvalue weighted by Crippen LogP contribution is 2.18. The summed E-state index contributed by atoms with van der Waals surface area (Å²) in [5.41, 5.74) is 3.26. The third-order valence-electron chi connectivity index (χ3n) is 4.50. The van der Waals surface area contributed by atoms with E-state index in [4.69, 9.17) is 4.74 Å². The maximum absolute atomic E-state index is 12.2. The maximum atomic E-state index is 12.2. The summed E-state index contributed by atoms with van der Waals surface area (Å²) >= 11 is 0. The normalized spacial score (nSPS) is 14.5. The van der Waals surface area contributed by atoms with Gasteiger partial charge in [0.15, 0.2) is 0 Å². The number of pyridine rings is 1. The summed E-state index contributed by atoms with van der Waals surface area (Å²) in [7, 11) is 0. The van der Waals surface area contributed by atoms with Crippen molar-refractivity contribution >= 4 is 28.8 Å². The van der Waals surface area contributed by atoms with Crippen LogP contribution in [0.5, 0.6) is 0 Å². The smallest absolute Gasteiger partial charge is 0.244 e. The molecule has 142 valence electrons. The lowest BCUT2D eigenvalue weighted by atomic mass is 10.2. The highest BCUT2D eigenvalue weighted by atomic mass is 16.5. The minimum absolute atomic E-state index is 0.188. The highest BCUT2D eigenvalue weighted by Gasteiger charge is 2.15. The van der Waals surface area contributed by atoms with Crippen LogP contribution in [0.25, 0.3) is 17.1 Å². The minimum Gasteiger partial charge on any atom is -0.378 e. The number of amides is 1. The molecule has 2 aromatic heterocycles. The Kier molecular flexibility index (Phi) is 5.53. The van der Waals surface area contributed by atoms with E-state index < -0.39 is 0 Å². The molecule has 0 radical (unpaired) electrons. The first-order valence-electron chi connectivity index (χ1n) is 9.24. The number of rotatable bonds is 5. The molecular weight excluding hydrogens is 354 g/mol. The number of benzene rings is 1. The summed E-state index contributed by atoms with van der Waals surface area (Å²) < 4.78 is 5.40. The minimum atomic E-state index is -0.188. The average Bonchev–Trinajstić information content (AvgIpc) is 2.77. The topological polar surface area (TPSA) is 80.2 Å². The molecular formula is C21H21N5O2. The van der Waals surface area contributed by atoms with Crippen molar-refractivity contribution in [3.8, 4) is 0 Å². The number of hydrogen-bond acceptors (Lipinski definition) is 6. The van der Waals surface area contributed by atoms with Crippen LogP contribution in [0.1, 0.15) is 11.3 Å². The Morgan fingerprint density at radius 3 is 2.79 bits per heavy atom. The van der Waals surface area contributed by atoms with E-state index in [0.717, 1.165) is 35.5 Å². The Morgan fingerprint density at radius 2 is 1.93 bits per heavy atom. The fourth-order valence-corrected chi connectivity index (χ4v) is 3.08. The van der Waals surface area contributed by atoms with E-state index in [1.165, 1.54) is 6.08 Å². The van der Waals surface area contributed by atoms with E-state index in [1.807, 2.05) is 36.4 Å². The molecule has 1 aromatic carbocycles. The van der Waals surface area contributed by atoms with Gasteiger partial charge in [-0.3, -0.25) is 9.78 Å². The number of para-hydroxylation sites is 2. The van der Waals surface area contributed by atoms with Crippen molar-refractivity contribution in [2.45, 2.75) is 6.54 Å². The first-order valence-corrected chi connectivity index (χ1v) is 9.24. The first-order chi connectivity index (χ1) is 13.8. The van der Waals surface area contributed by atoms with Gasteiger partial charge in [0.25, 0.3) is 0 Å². The molecule has 0 atom stereocenters. The van der Waals surface area contributed by atoms with Crippen LogP contribution >= 0.6 is 0 Å². The molecule has 1 aliphatic heterocycles. The Labute approximate surface area is 163 Å². The number of nitrogens with one attached hydrogen (secondary N) is 1. The van der Waals surface area contributed by atoms with Crippen molar-refractivity contribution in [3.63, 3.8) is 0 Å². The number of nitrogens with zero attached hydrogens (tertiary/aromatic N) is 4. The molecule has 1 amide bonds. The van der Waals surface area contributed by atoms with Crippen molar-refractivity contribution < 1.29 is 9.53 Å². The van der Waals surface area contributed by atoms with Gasteiger partial charge in [-0.25, -0.2) is 9.97 Å². The molecule has 0 spiro atoms. The monoisotopic (exact) mass is 375 g/mol. The van der Waals surface area contributed by atoms with Crippen LogP contribution in [0.15, 0.2) is 54.9 Å². The number of ether oxygens (including phenoxy) is 1. The van der Waals surface area contributed by atoms with E-state index in [9.17, 15) is 4.79 Å². The van der Waals surface area contributed by atoms with Crippen molar-refractivity contribution in [2.75, 3.05) is 31.2 Å². The Balaban J connectivity index is 1.39. The number of carbonyl (C=O) groups is 1. The third-order valence-corrected chi connectivity index (χ3v) is 4.50. The van der Waals surface area contributed by atoms with Crippen molar-refractivity contribution in [1.29, 1.82) is 0 Å². The summed E-state index contributed by atoms with van der Waals surface area (Å²) in [6, 6.07) is 11.5. The van der Waals surface area contributed by atoms with Gasteiger partial charge in [-0.2, -0.15) is 0 Å². The average molecular weight is 375 g/mol. The molecule has 1 saturated heterocycles. The van der Waals surface area contributed by atoms with Crippen LogP contribution in [0.4, 0.5) is 5.82 Å². The number of hydrogen-bond donors (Lipinski definition) is 1. The van der Waals surface area contributed by atoms with Crippen molar-refractivity contribution in [3.05, 3.63) is 66.1 Å². The third kappa shape index (κ3) is 4.32. The standard InChI is InChI=1S/C21H21N5O2/c27-20(8-7-17-15-23-18-5-1-2-6-19(18)25-17)24-14-16-4-3-9-22-21(16)26-10-12-28-13-11-26/h1-9,15H,10-14H2,(H,24,27)/b8-7+. The quantitative estimate of drug-likeness (QED) is 0.689. The van der Waals surface area contributed by atoms with E-state index in [0.29, 0.717) is 25.5 Å². The fraction of sp³-hybridized carbons (Fsp3) is 0.238. The maximum Gasteiger partial charge on any atom is 0.244 e. The summed E-state index contributed by atoms with van der Waals surface area (Å²) in [6.45, 7) is 3.40. The zero-order valence-corrected chi connectivity index (χ0v) is 15.4. The molecule has 1 fully saturated rings. The number of anilines is 1. The van der Waals surface area contributed by atoms with Crippen LogP contribution in [0.2, 0.25) is 0 Å². The summed E-state index contributed by atoms with van der Waals surface area (Å²) in [6.07, 6.45) is 6.57. The van der Waals surface area contributed by atoms with E-state index in [-0.39, 0.29) is 5.91 Å². The molecule has 28 heavy (non-hydrogen) atoms.